The Bertz CT molecular complexity index is 1100. The van der Waals surface area contributed by atoms with Gasteiger partial charge in [0.25, 0.3) is 11.8 Å². The van der Waals surface area contributed by atoms with E-state index >= 15 is 0 Å². The van der Waals surface area contributed by atoms with Crippen LogP contribution >= 0.6 is 23.4 Å². The Labute approximate surface area is 197 Å². The van der Waals surface area contributed by atoms with Crippen molar-refractivity contribution in [3.05, 3.63) is 34.5 Å². The van der Waals surface area contributed by atoms with E-state index in [-0.39, 0.29) is 60.1 Å². The van der Waals surface area contributed by atoms with Gasteiger partial charge < -0.3 is 19.6 Å². The van der Waals surface area contributed by atoms with Gasteiger partial charge in [0, 0.05) is 43.7 Å². The number of aromatic nitrogens is 2. The first-order chi connectivity index (χ1) is 15.7. The number of carboxylic acid groups (broad SMARTS) is 1. The van der Waals surface area contributed by atoms with Crippen LogP contribution in [0.1, 0.15) is 17.7 Å². The summed E-state index contributed by atoms with van der Waals surface area (Å²) in [7, 11) is 0. The molecule has 1 N–H and O–H groups in total. The van der Waals surface area contributed by atoms with Gasteiger partial charge in [-0.15, -0.1) is 0 Å². The summed E-state index contributed by atoms with van der Waals surface area (Å²) in [6.07, 6.45) is 0.583. The predicted octanol–water partition coefficient (Wildman–Crippen LogP) is 3.76. The Morgan fingerprint density at radius 1 is 1.21 bits per heavy atom. The summed E-state index contributed by atoms with van der Waals surface area (Å²) in [5.41, 5.74) is 1.16. The average molecular weight is 499 g/mol. The molecule has 8 nitrogen and oxygen atoms in total. The number of hydrogen-bond acceptors (Lipinski definition) is 6. The summed E-state index contributed by atoms with van der Waals surface area (Å²) in [6, 6.07) is 4.82. The second-order valence-corrected chi connectivity index (χ2v) is 8.86. The molecule has 1 aliphatic carbocycles. The molecule has 2 aliphatic rings. The number of halogens is 3. The van der Waals surface area contributed by atoms with Gasteiger partial charge in [-0.1, -0.05) is 23.4 Å². The molecule has 4 rings (SSSR count). The number of carbonyl (C=O) groups is 2. The molecule has 0 spiro atoms. The van der Waals surface area contributed by atoms with Crippen LogP contribution in [0.25, 0.3) is 11.3 Å². The molecule has 33 heavy (non-hydrogen) atoms. The maximum Gasteiger partial charge on any atom is 0.407 e. The molecule has 0 bridgehead atoms. The highest BCUT2D eigenvalue weighted by Crippen LogP contribution is 2.44. The lowest BCUT2D eigenvalue weighted by molar-refractivity contribution is -0.134. The Kier molecular flexibility index (Phi) is 6.62. The second kappa shape index (κ2) is 9.30. The van der Waals surface area contributed by atoms with E-state index in [1.54, 1.807) is 24.5 Å². The van der Waals surface area contributed by atoms with Gasteiger partial charge in [0.15, 0.2) is 11.8 Å². The van der Waals surface area contributed by atoms with Crippen LogP contribution in [-0.2, 0) is 17.1 Å². The topological polar surface area (TPSA) is 95.9 Å². The summed E-state index contributed by atoms with van der Waals surface area (Å²) < 4.78 is 34.1. The average Bonchev–Trinajstić information content (AvgIpc) is 3.11. The lowest BCUT2D eigenvalue weighted by Crippen LogP contribution is -2.51. The number of fused-ring (bicyclic) bond motifs is 1. The fourth-order valence-corrected chi connectivity index (χ4v) is 4.48. The molecule has 0 saturated carbocycles. The van der Waals surface area contributed by atoms with Gasteiger partial charge in [-0.05, 0) is 30.9 Å². The van der Waals surface area contributed by atoms with Crippen molar-refractivity contribution in [1.82, 2.24) is 19.8 Å². The van der Waals surface area contributed by atoms with Gasteiger partial charge in [0.2, 0.25) is 0 Å². The standard InChI is InChI=1S/C21H21ClF2N4O4S/c1-33-19-25-17(13-4-5-21(23,24)18(13)26-19)12-2-3-15(14(22)10-12)32-11-16(29)27-6-8-28(9-7-27)20(30)31/h2-3,10H,4-9,11H2,1H3,(H,30,31). The van der Waals surface area contributed by atoms with Crippen molar-refractivity contribution >= 4 is 35.4 Å². The van der Waals surface area contributed by atoms with Crippen LogP contribution in [0.15, 0.2) is 23.4 Å². The third-order valence-corrected chi connectivity index (χ3v) is 6.51. The Hall–Kier alpha value is -2.66. The van der Waals surface area contributed by atoms with Crippen molar-refractivity contribution in [3.8, 4) is 17.0 Å². The zero-order valence-electron chi connectivity index (χ0n) is 17.7. The number of rotatable bonds is 5. The Morgan fingerprint density at radius 2 is 1.91 bits per heavy atom. The van der Waals surface area contributed by atoms with Gasteiger partial charge in [-0.25, -0.2) is 14.8 Å². The fraction of sp³-hybridized carbons (Fsp3) is 0.429. The summed E-state index contributed by atoms with van der Waals surface area (Å²) >= 11 is 7.55. The van der Waals surface area contributed by atoms with Crippen LogP contribution in [0.3, 0.4) is 0 Å². The normalized spacial score (nSPS) is 17.1. The van der Waals surface area contributed by atoms with Crippen molar-refractivity contribution in [2.45, 2.75) is 23.9 Å². The molecule has 2 amide bonds. The van der Waals surface area contributed by atoms with E-state index in [1.807, 2.05) is 0 Å². The van der Waals surface area contributed by atoms with E-state index in [4.69, 9.17) is 21.4 Å². The molecule has 2 aromatic rings. The molecule has 0 radical (unpaired) electrons. The Morgan fingerprint density at radius 3 is 2.55 bits per heavy atom. The monoisotopic (exact) mass is 498 g/mol. The highest BCUT2D eigenvalue weighted by Gasteiger charge is 2.43. The number of ether oxygens (including phenoxy) is 1. The van der Waals surface area contributed by atoms with E-state index in [9.17, 15) is 18.4 Å². The zero-order chi connectivity index (χ0) is 23.8. The van der Waals surface area contributed by atoms with Gasteiger partial charge in [-0.3, -0.25) is 4.79 Å². The molecule has 1 fully saturated rings. The first-order valence-corrected chi connectivity index (χ1v) is 11.8. The number of benzene rings is 1. The van der Waals surface area contributed by atoms with E-state index in [0.29, 0.717) is 29.9 Å². The van der Waals surface area contributed by atoms with Gasteiger partial charge in [0.1, 0.15) is 11.4 Å². The molecule has 1 aromatic heterocycles. The van der Waals surface area contributed by atoms with Crippen LogP contribution in [0.5, 0.6) is 5.75 Å². The van der Waals surface area contributed by atoms with Crippen LogP contribution in [-0.4, -0.2) is 75.9 Å². The number of carbonyl (C=O) groups excluding carboxylic acids is 1. The SMILES string of the molecule is CSc1nc(-c2ccc(OCC(=O)N3CCN(C(=O)O)CC3)c(Cl)c2)c2c(n1)C(F)(F)CC2. The van der Waals surface area contributed by atoms with Gasteiger partial charge >= 0.3 is 6.09 Å². The highest BCUT2D eigenvalue weighted by molar-refractivity contribution is 7.98. The summed E-state index contributed by atoms with van der Waals surface area (Å²) in [5.74, 6) is -2.99. The minimum Gasteiger partial charge on any atom is -0.482 e. The largest absolute Gasteiger partial charge is 0.482 e. The maximum absolute atomic E-state index is 14.3. The molecule has 0 atom stereocenters. The van der Waals surface area contributed by atoms with Gasteiger partial charge in [-0.2, -0.15) is 8.78 Å². The minimum atomic E-state index is -2.99. The molecule has 1 aliphatic heterocycles. The quantitative estimate of drug-likeness (QED) is 0.495. The third kappa shape index (κ3) is 4.84. The van der Waals surface area contributed by atoms with Crippen molar-refractivity contribution in [1.29, 1.82) is 0 Å². The fourth-order valence-electron chi connectivity index (χ4n) is 3.88. The van der Waals surface area contributed by atoms with Crippen molar-refractivity contribution in [2.75, 3.05) is 39.0 Å². The van der Waals surface area contributed by atoms with E-state index < -0.39 is 12.0 Å². The van der Waals surface area contributed by atoms with Crippen LogP contribution < -0.4 is 4.74 Å². The van der Waals surface area contributed by atoms with Crippen LogP contribution in [0.4, 0.5) is 13.6 Å². The first kappa shape index (κ1) is 23.5. The third-order valence-electron chi connectivity index (χ3n) is 5.66. The van der Waals surface area contributed by atoms with Crippen molar-refractivity contribution < 1.29 is 28.2 Å². The van der Waals surface area contributed by atoms with E-state index in [2.05, 4.69) is 9.97 Å². The number of amides is 2. The van der Waals surface area contributed by atoms with E-state index in [0.717, 1.165) is 0 Å². The molecule has 176 valence electrons. The summed E-state index contributed by atoms with van der Waals surface area (Å²) in [5, 5.41) is 9.47. The van der Waals surface area contributed by atoms with Crippen LogP contribution in [0, 0.1) is 0 Å². The number of piperazine rings is 1. The highest BCUT2D eigenvalue weighted by atomic mass is 35.5. The number of alkyl halides is 2. The summed E-state index contributed by atoms with van der Waals surface area (Å²) in [4.78, 5) is 34.6. The maximum atomic E-state index is 14.3. The van der Waals surface area contributed by atoms with E-state index in [1.165, 1.54) is 21.6 Å². The molecular formula is C21H21ClF2N4O4S. The molecule has 1 aromatic carbocycles. The second-order valence-electron chi connectivity index (χ2n) is 7.67. The number of nitrogens with zero attached hydrogens (tertiary/aromatic N) is 4. The Balaban J connectivity index is 1.47. The number of thioether (sulfide) groups is 1. The molecule has 2 heterocycles. The molecule has 0 unspecified atom stereocenters. The lowest BCUT2D eigenvalue weighted by Gasteiger charge is -2.33. The number of hydrogen-bond donors (Lipinski definition) is 1. The van der Waals surface area contributed by atoms with Crippen molar-refractivity contribution in [3.63, 3.8) is 0 Å². The van der Waals surface area contributed by atoms with Crippen molar-refractivity contribution in [2.24, 2.45) is 0 Å². The smallest absolute Gasteiger partial charge is 0.407 e. The van der Waals surface area contributed by atoms with Gasteiger partial charge in [0.05, 0.1) is 10.7 Å². The molecule has 12 heteroatoms. The predicted molar refractivity (Wildman–Crippen MR) is 118 cm³/mol. The molecule has 1 saturated heterocycles. The first-order valence-electron chi connectivity index (χ1n) is 10.2. The zero-order valence-corrected chi connectivity index (χ0v) is 19.3. The van der Waals surface area contributed by atoms with Crippen LogP contribution in [0.2, 0.25) is 5.02 Å². The molecular weight excluding hydrogens is 478 g/mol. The minimum absolute atomic E-state index is 0.172. The lowest BCUT2D eigenvalue weighted by atomic mass is 10.1. The summed E-state index contributed by atoms with van der Waals surface area (Å²) in [6.45, 7) is 0.830.